The van der Waals surface area contributed by atoms with E-state index in [2.05, 4.69) is 16.8 Å². The second-order valence-corrected chi connectivity index (χ2v) is 5.92. The largest absolute Gasteiger partial charge is 0.390 e. The Labute approximate surface area is 105 Å². The summed E-state index contributed by atoms with van der Waals surface area (Å²) in [7, 11) is 0. The first kappa shape index (κ1) is 11.7. The quantitative estimate of drug-likeness (QED) is 0.880. The van der Waals surface area contributed by atoms with Crippen LogP contribution in [-0.2, 0) is 15.9 Å². The summed E-state index contributed by atoms with van der Waals surface area (Å²) in [5.41, 5.74) is 0.670. The van der Waals surface area contributed by atoms with Crippen molar-refractivity contribution in [1.82, 2.24) is 0 Å². The number of hydrogen-bond donors (Lipinski definition) is 1. The van der Waals surface area contributed by atoms with E-state index in [9.17, 15) is 5.11 Å². The summed E-state index contributed by atoms with van der Waals surface area (Å²) < 4.78 is 11.4. The zero-order valence-electron chi connectivity index (χ0n) is 9.85. The topological polar surface area (TPSA) is 38.7 Å². The van der Waals surface area contributed by atoms with Gasteiger partial charge in [0.25, 0.3) is 0 Å². The van der Waals surface area contributed by atoms with Gasteiger partial charge >= 0.3 is 0 Å². The van der Waals surface area contributed by atoms with E-state index in [1.807, 2.05) is 0 Å². The molecule has 94 valence electrons. The van der Waals surface area contributed by atoms with Gasteiger partial charge < -0.3 is 14.6 Å². The first-order valence-electron chi connectivity index (χ1n) is 6.21. The second-order valence-electron chi connectivity index (χ2n) is 5.14. The molecule has 1 aromatic heterocycles. The SMILES string of the molecule is OC1(Cc2ccsc2)CCC2(CC1)OCCO2. The van der Waals surface area contributed by atoms with Gasteiger partial charge in [0.1, 0.15) is 0 Å². The van der Waals surface area contributed by atoms with Crippen LogP contribution in [0.2, 0.25) is 0 Å². The van der Waals surface area contributed by atoms with E-state index < -0.39 is 5.60 Å². The average molecular weight is 254 g/mol. The van der Waals surface area contributed by atoms with Crippen LogP contribution in [0.25, 0.3) is 0 Å². The van der Waals surface area contributed by atoms with Crippen molar-refractivity contribution in [3.8, 4) is 0 Å². The maximum atomic E-state index is 10.6. The van der Waals surface area contributed by atoms with Gasteiger partial charge in [0, 0.05) is 19.3 Å². The zero-order chi connectivity index (χ0) is 11.8. The summed E-state index contributed by atoms with van der Waals surface area (Å²) in [6.07, 6.45) is 3.92. The Balaban J connectivity index is 1.63. The van der Waals surface area contributed by atoms with Crippen molar-refractivity contribution < 1.29 is 14.6 Å². The molecule has 0 amide bonds. The Kier molecular flexibility index (Phi) is 2.99. The van der Waals surface area contributed by atoms with Crippen molar-refractivity contribution in [2.75, 3.05) is 13.2 Å². The normalized spacial score (nSPS) is 26.4. The molecule has 2 fully saturated rings. The molecule has 0 atom stereocenters. The third kappa shape index (κ3) is 2.40. The van der Waals surface area contributed by atoms with Crippen LogP contribution in [0.3, 0.4) is 0 Å². The van der Waals surface area contributed by atoms with Crippen molar-refractivity contribution in [1.29, 1.82) is 0 Å². The van der Waals surface area contributed by atoms with Gasteiger partial charge in [-0.3, -0.25) is 0 Å². The van der Waals surface area contributed by atoms with Gasteiger partial charge in [0.05, 0.1) is 18.8 Å². The predicted octanol–water partition coefficient (Wildman–Crippen LogP) is 2.34. The van der Waals surface area contributed by atoms with Gasteiger partial charge in [-0.15, -0.1) is 0 Å². The minimum Gasteiger partial charge on any atom is -0.390 e. The molecule has 0 unspecified atom stereocenters. The maximum Gasteiger partial charge on any atom is 0.168 e. The Morgan fingerprint density at radius 3 is 2.47 bits per heavy atom. The number of thiophene rings is 1. The van der Waals surface area contributed by atoms with Crippen LogP contribution in [0.4, 0.5) is 0 Å². The predicted molar refractivity (Wildman–Crippen MR) is 66.1 cm³/mol. The Morgan fingerprint density at radius 2 is 1.88 bits per heavy atom. The third-order valence-electron chi connectivity index (χ3n) is 3.87. The molecule has 2 heterocycles. The fourth-order valence-corrected chi connectivity index (χ4v) is 3.50. The summed E-state index contributed by atoms with van der Waals surface area (Å²) in [4.78, 5) is 0. The molecule has 1 spiro atoms. The zero-order valence-corrected chi connectivity index (χ0v) is 10.7. The lowest BCUT2D eigenvalue weighted by atomic mass is 9.78. The fourth-order valence-electron chi connectivity index (χ4n) is 2.83. The minimum absolute atomic E-state index is 0.374. The molecule has 1 N–H and O–H groups in total. The van der Waals surface area contributed by atoms with Gasteiger partial charge in [0.15, 0.2) is 5.79 Å². The average Bonchev–Trinajstić information content (AvgIpc) is 2.96. The van der Waals surface area contributed by atoms with Crippen LogP contribution in [0.5, 0.6) is 0 Å². The van der Waals surface area contributed by atoms with Crippen molar-refractivity contribution in [2.24, 2.45) is 0 Å². The molecule has 0 aromatic carbocycles. The van der Waals surface area contributed by atoms with Crippen LogP contribution in [0, 0.1) is 0 Å². The Morgan fingerprint density at radius 1 is 1.18 bits per heavy atom. The summed E-state index contributed by atoms with van der Waals surface area (Å²) in [6.45, 7) is 1.39. The number of rotatable bonds is 2. The highest BCUT2D eigenvalue weighted by molar-refractivity contribution is 7.07. The summed E-state index contributed by atoms with van der Waals surface area (Å²) >= 11 is 1.69. The molecular weight excluding hydrogens is 236 g/mol. The highest BCUT2D eigenvalue weighted by atomic mass is 32.1. The van der Waals surface area contributed by atoms with Crippen molar-refractivity contribution in [3.05, 3.63) is 22.4 Å². The summed E-state index contributed by atoms with van der Waals surface area (Å²) in [5.74, 6) is -0.374. The van der Waals surface area contributed by atoms with Crippen molar-refractivity contribution in [3.63, 3.8) is 0 Å². The monoisotopic (exact) mass is 254 g/mol. The maximum absolute atomic E-state index is 10.6. The van der Waals surface area contributed by atoms with E-state index in [1.54, 1.807) is 11.3 Å². The fraction of sp³-hybridized carbons (Fsp3) is 0.692. The van der Waals surface area contributed by atoms with Gasteiger partial charge in [-0.05, 0) is 35.2 Å². The van der Waals surface area contributed by atoms with Crippen molar-refractivity contribution >= 4 is 11.3 Å². The number of ether oxygens (including phenoxy) is 2. The van der Waals surface area contributed by atoms with Crippen molar-refractivity contribution in [2.45, 2.75) is 43.5 Å². The van der Waals surface area contributed by atoms with E-state index in [0.717, 1.165) is 32.1 Å². The van der Waals surface area contributed by atoms with Gasteiger partial charge in [-0.1, -0.05) is 0 Å². The van der Waals surface area contributed by atoms with E-state index in [4.69, 9.17) is 9.47 Å². The molecule has 1 saturated heterocycles. The van der Waals surface area contributed by atoms with E-state index >= 15 is 0 Å². The van der Waals surface area contributed by atoms with Crippen LogP contribution in [0.1, 0.15) is 31.2 Å². The standard InChI is InChI=1S/C13H18O3S/c14-12(9-11-1-8-17-10-11)2-4-13(5-3-12)15-6-7-16-13/h1,8,10,14H,2-7,9H2. The molecule has 17 heavy (non-hydrogen) atoms. The second kappa shape index (κ2) is 4.35. The lowest BCUT2D eigenvalue weighted by Gasteiger charge is -2.40. The minimum atomic E-state index is -0.568. The van der Waals surface area contributed by atoms with Gasteiger partial charge in [0.2, 0.25) is 0 Å². The highest BCUT2D eigenvalue weighted by Gasteiger charge is 2.45. The molecular formula is C13H18O3S. The molecule has 2 aliphatic rings. The molecule has 3 rings (SSSR count). The van der Waals surface area contributed by atoms with Gasteiger partial charge in [-0.25, -0.2) is 0 Å². The smallest absolute Gasteiger partial charge is 0.168 e. The van der Waals surface area contributed by atoms with E-state index in [0.29, 0.717) is 13.2 Å². The molecule has 1 aliphatic carbocycles. The summed E-state index contributed by atoms with van der Waals surface area (Å²) in [6, 6.07) is 2.09. The van der Waals surface area contributed by atoms with Crippen LogP contribution in [0.15, 0.2) is 16.8 Å². The van der Waals surface area contributed by atoms with E-state index in [1.165, 1.54) is 5.56 Å². The van der Waals surface area contributed by atoms with E-state index in [-0.39, 0.29) is 5.79 Å². The lowest BCUT2D eigenvalue weighted by molar-refractivity contribution is -0.202. The summed E-state index contributed by atoms with van der Waals surface area (Å²) in [5, 5.41) is 14.8. The molecule has 1 aliphatic heterocycles. The Hall–Kier alpha value is -0.420. The highest BCUT2D eigenvalue weighted by Crippen LogP contribution is 2.41. The van der Waals surface area contributed by atoms with Crippen LogP contribution < -0.4 is 0 Å². The number of aliphatic hydroxyl groups is 1. The van der Waals surface area contributed by atoms with Gasteiger partial charge in [-0.2, -0.15) is 11.3 Å². The molecule has 0 radical (unpaired) electrons. The molecule has 1 saturated carbocycles. The Bertz CT molecular complexity index is 358. The lowest BCUT2D eigenvalue weighted by Crippen LogP contribution is -2.44. The number of hydrogen-bond acceptors (Lipinski definition) is 4. The molecule has 1 aromatic rings. The molecule has 0 bridgehead atoms. The van der Waals surface area contributed by atoms with Crippen LogP contribution in [-0.4, -0.2) is 29.7 Å². The molecule has 3 nitrogen and oxygen atoms in total. The third-order valence-corrected chi connectivity index (χ3v) is 4.60. The first-order chi connectivity index (χ1) is 8.20. The van der Waals surface area contributed by atoms with Crippen LogP contribution >= 0.6 is 11.3 Å². The first-order valence-corrected chi connectivity index (χ1v) is 7.16. The molecule has 4 heteroatoms.